The number of phenolic OH excluding ortho intramolecular Hbond substituents is 1. The zero-order valence-corrected chi connectivity index (χ0v) is 21.3. The molecule has 12 nitrogen and oxygen atoms in total. The molecular formula is C26H31N5O7. The number of carbonyl (C=O) groups excluding carboxylic acids is 3. The predicted octanol–water partition coefficient (Wildman–Crippen LogP) is -0.781. The van der Waals surface area contributed by atoms with Crippen LogP contribution < -0.4 is 17.2 Å². The van der Waals surface area contributed by atoms with Crippen molar-refractivity contribution in [3.63, 3.8) is 0 Å². The summed E-state index contributed by atoms with van der Waals surface area (Å²) in [4.78, 5) is 41.2. The van der Waals surface area contributed by atoms with Gasteiger partial charge in [0.2, 0.25) is 0 Å². The minimum atomic E-state index is -2.69. The molecule has 3 aliphatic rings. The van der Waals surface area contributed by atoms with Crippen LogP contribution in [-0.4, -0.2) is 80.1 Å². The molecule has 1 aromatic carbocycles. The van der Waals surface area contributed by atoms with Gasteiger partial charge in [-0.15, -0.1) is 0 Å². The lowest BCUT2D eigenvalue weighted by atomic mass is 9.47. The standard InChI is InChI=1S/C26H31N5O7/c1-11(32)4-5-12-6-7-14(33)15-13(12)8-24(29)9-26(30)20(31(2)3)19(35)16(23(28)38)21(36)25(26,10-27)22(37)17(24)18(15)34/h6-7,11,20,32-34,36H,4-5,8-9,29-30H2,1-3H3,(H2,28,38)/t11?,20-,24-,25+,26-/m1/s1. The van der Waals surface area contributed by atoms with E-state index in [1.54, 1.807) is 19.1 Å². The fourth-order valence-corrected chi connectivity index (χ4v) is 6.49. The van der Waals surface area contributed by atoms with E-state index in [9.17, 15) is 40.1 Å². The highest BCUT2D eigenvalue weighted by Crippen LogP contribution is 2.58. The lowest BCUT2D eigenvalue weighted by molar-refractivity contribution is -0.139. The van der Waals surface area contributed by atoms with Crippen LogP contribution in [0.5, 0.6) is 5.75 Å². The number of carbonyl (C=O) groups is 3. The van der Waals surface area contributed by atoms with Crippen LogP contribution in [0.1, 0.15) is 36.5 Å². The summed E-state index contributed by atoms with van der Waals surface area (Å²) in [5.41, 5.74) is 12.1. The number of aliphatic hydroxyl groups excluding tert-OH is 3. The molecule has 1 fully saturated rings. The molecule has 202 valence electrons. The van der Waals surface area contributed by atoms with E-state index >= 15 is 0 Å². The average molecular weight is 526 g/mol. The van der Waals surface area contributed by atoms with Crippen LogP contribution in [0.3, 0.4) is 0 Å². The quantitative estimate of drug-likeness (QED) is 0.235. The van der Waals surface area contributed by atoms with E-state index in [1.165, 1.54) is 25.1 Å². The number of rotatable bonds is 5. The fraction of sp³-hybridized carbons (Fsp3) is 0.462. The molecule has 0 saturated heterocycles. The number of likely N-dealkylation sites (N-methyl/N-ethyl adjacent to an activating group) is 1. The Morgan fingerprint density at radius 3 is 2.39 bits per heavy atom. The number of hydrogen-bond donors (Lipinski definition) is 7. The Labute approximate surface area is 218 Å². The third kappa shape index (κ3) is 3.33. The Balaban J connectivity index is 2.07. The molecule has 1 amide bonds. The number of aromatic hydroxyl groups is 1. The molecule has 0 aliphatic heterocycles. The third-order valence-electron chi connectivity index (χ3n) is 8.06. The zero-order chi connectivity index (χ0) is 28.5. The number of amides is 1. The molecule has 12 heteroatoms. The van der Waals surface area contributed by atoms with Gasteiger partial charge in [-0.25, -0.2) is 0 Å². The van der Waals surface area contributed by atoms with Crippen LogP contribution in [0.15, 0.2) is 29.0 Å². The minimum Gasteiger partial charge on any atom is -0.509 e. The topological polar surface area (TPSA) is 237 Å². The number of aliphatic hydroxyl groups is 3. The lowest BCUT2D eigenvalue weighted by Crippen LogP contribution is -2.80. The Morgan fingerprint density at radius 1 is 1.24 bits per heavy atom. The first-order chi connectivity index (χ1) is 17.6. The van der Waals surface area contributed by atoms with Crippen molar-refractivity contribution in [1.29, 1.82) is 5.26 Å². The van der Waals surface area contributed by atoms with Gasteiger partial charge in [-0.05, 0) is 63.9 Å². The monoisotopic (exact) mass is 525 g/mol. The highest BCUT2D eigenvalue weighted by Gasteiger charge is 2.74. The Hall–Kier alpha value is -3.76. The molecule has 38 heavy (non-hydrogen) atoms. The molecule has 10 N–H and O–H groups in total. The van der Waals surface area contributed by atoms with Crippen molar-refractivity contribution in [2.75, 3.05) is 14.1 Å². The van der Waals surface area contributed by atoms with E-state index in [4.69, 9.17) is 17.2 Å². The molecular weight excluding hydrogens is 494 g/mol. The van der Waals surface area contributed by atoms with Crippen LogP contribution >= 0.6 is 0 Å². The van der Waals surface area contributed by atoms with Gasteiger partial charge in [0.25, 0.3) is 5.91 Å². The normalized spacial score (nSPS) is 31.5. The van der Waals surface area contributed by atoms with Gasteiger partial charge in [0, 0.05) is 0 Å². The van der Waals surface area contributed by atoms with Gasteiger partial charge >= 0.3 is 0 Å². The van der Waals surface area contributed by atoms with Gasteiger partial charge in [0.05, 0.1) is 40.4 Å². The van der Waals surface area contributed by atoms with Crippen molar-refractivity contribution >= 4 is 23.2 Å². The molecule has 0 bridgehead atoms. The number of Topliss-reactive ketones (excluding diaryl/α,β-unsaturated/α-hetero) is 2. The first kappa shape index (κ1) is 27.3. The minimum absolute atomic E-state index is 0.0650. The second kappa shape index (κ2) is 8.64. The Kier molecular flexibility index (Phi) is 6.20. The SMILES string of the molecule is CC(O)CCc1ccc(O)c2c1C[C@@]1(N)C[C@@]3(N)[C@H](N(C)C)C(=O)C(C(N)=O)=C(O)[C@@]3(C#N)C(=O)C1=C2O. The van der Waals surface area contributed by atoms with Crippen molar-refractivity contribution in [3.05, 3.63) is 45.7 Å². The maximum atomic E-state index is 14.3. The molecule has 3 aliphatic carbocycles. The van der Waals surface area contributed by atoms with Crippen molar-refractivity contribution in [2.24, 2.45) is 22.6 Å². The first-order valence-corrected chi connectivity index (χ1v) is 12.0. The summed E-state index contributed by atoms with van der Waals surface area (Å²) in [6.07, 6.45) is -0.437. The predicted molar refractivity (Wildman–Crippen MR) is 134 cm³/mol. The van der Waals surface area contributed by atoms with Crippen LogP contribution in [0.2, 0.25) is 0 Å². The van der Waals surface area contributed by atoms with Gasteiger partial charge in [-0.1, -0.05) is 6.07 Å². The van der Waals surface area contributed by atoms with E-state index < -0.39 is 75.2 Å². The Bertz CT molecular complexity index is 1390. The second-order valence-electron chi connectivity index (χ2n) is 10.8. The number of phenols is 1. The van der Waals surface area contributed by atoms with Crippen molar-refractivity contribution in [3.8, 4) is 11.8 Å². The van der Waals surface area contributed by atoms with Crippen molar-refractivity contribution < 1.29 is 34.8 Å². The number of hydrogen-bond acceptors (Lipinski definition) is 11. The number of benzene rings is 1. The molecule has 0 heterocycles. The van der Waals surface area contributed by atoms with Crippen LogP contribution in [0.25, 0.3) is 5.76 Å². The van der Waals surface area contributed by atoms with E-state index in [-0.39, 0.29) is 17.7 Å². The largest absolute Gasteiger partial charge is 0.509 e. The number of aryl methyl sites for hydroxylation is 1. The lowest BCUT2D eigenvalue weighted by Gasteiger charge is -2.58. The van der Waals surface area contributed by atoms with E-state index in [0.29, 0.717) is 24.0 Å². The van der Waals surface area contributed by atoms with Crippen LogP contribution in [0, 0.1) is 16.7 Å². The summed E-state index contributed by atoms with van der Waals surface area (Å²) >= 11 is 0. The van der Waals surface area contributed by atoms with Gasteiger partial charge in [-0.3, -0.25) is 19.3 Å². The summed E-state index contributed by atoms with van der Waals surface area (Å²) < 4.78 is 0. The number of fused-ring (bicyclic) bond motifs is 3. The van der Waals surface area contributed by atoms with Crippen LogP contribution in [-0.2, 0) is 27.2 Å². The molecule has 0 radical (unpaired) electrons. The number of ketones is 2. The molecule has 0 aromatic heterocycles. The van der Waals surface area contributed by atoms with E-state index in [2.05, 4.69) is 0 Å². The molecule has 4 rings (SSSR count). The summed E-state index contributed by atoms with van der Waals surface area (Å²) in [7, 11) is 2.91. The van der Waals surface area contributed by atoms with E-state index in [1.807, 2.05) is 0 Å². The van der Waals surface area contributed by atoms with Gasteiger partial charge in [0.15, 0.2) is 17.0 Å². The highest BCUT2D eigenvalue weighted by atomic mass is 16.3. The summed E-state index contributed by atoms with van der Waals surface area (Å²) in [5.74, 6) is -5.73. The number of nitrogens with zero attached hydrogens (tertiary/aromatic N) is 2. The summed E-state index contributed by atoms with van der Waals surface area (Å²) in [6.45, 7) is 1.62. The second-order valence-corrected chi connectivity index (χ2v) is 10.8. The van der Waals surface area contributed by atoms with E-state index in [0.717, 1.165) is 0 Å². The number of nitriles is 1. The maximum Gasteiger partial charge on any atom is 0.255 e. The maximum absolute atomic E-state index is 14.3. The highest BCUT2D eigenvalue weighted by molar-refractivity contribution is 6.25. The molecule has 0 spiro atoms. The Morgan fingerprint density at radius 2 is 1.87 bits per heavy atom. The van der Waals surface area contributed by atoms with Crippen LogP contribution in [0.4, 0.5) is 0 Å². The number of primary amides is 1. The summed E-state index contributed by atoms with van der Waals surface area (Å²) in [6, 6.07) is 3.24. The fourth-order valence-electron chi connectivity index (χ4n) is 6.49. The average Bonchev–Trinajstić information content (AvgIpc) is 2.77. The third-order valence-corrected chi connectivity index (χ3v) is 8.06. The van der Waals surface area contributed by atoms with Crippen molar-refractivity contribution in [2.45, 2.75) is 55.8 Å². The molecule has 1 unspecified atom stereocenters. The van der Waals surface area contributed by atoms with Gasteiger partial charge < -0.3 is 37.6 Å². The molecule has 5 atom stereocenters. The zero-order valence-electron chi connectivity index (χ0n) is 21.3. The van der Waals surface area contributed by atoms with Crippen molar-refractivity contribution in [1.82, 2.24) is 4.90 Å². The summed E-state index contributed by atoms with van der Waals surface area (Å²) in [5, 5.41) is 53.4. The number of nitrogens with two attached hydrogens (primary N) is 3. The first-order valence-electron chi connectivity index (χ1n) is 12.0. The smallest absolute Gasteiger partial charge is 0.255 e. The van der Waals surface area contributed by atoms with Gasteiger partial charge in [-0.2, -0.15) is 5.26 Å². The molecule has 1 aromatic rings. The van der Waals surface area contributed by atoms with Gasteiger partial charge in [0.1, 0.15) is 22.8 Å². The molecule has 1 saturated carbocycles.